The Kier molecular flexibility index (Phi) is 6.28. The maximum absolute atomic E-state index is 13.2. The molecule has 28 heavy (non-hydrogen) atoms. The average Bonchev–Trinajstić information content (AvgIpc) is 3.11. The number of alkyl halides is 3. The molecule has 1 aromatic carbocycles. The van der Waals surface area contributed by atoms with Gasteiger partial charge in [-0.1, -0.05) is 18.2 Å². The molecule has 2 aliphatic heterocycles. The normalized spacial score (nSPS) is 17.8. The largest absolute Gasteiger partial charge is 0.454 e. The summed E-state index contributed by atoms with van der Waals surface area (Å²) in [6.07, 6.45) is 3.24. The van der Waals surface area contributed by atoms with Crippen LogP contribution in [0.5, 0.6) is 11.5 Å². The molecule has 0 aromatic heterocycles. The highest BCUT2D eigenvalue weighted by atomic mass is 19.4. The molecule has 2 aliphatic rings. The first-order valence-corrected chi connectivity index (χ1v) is 9.15. The van der Waals surface area contributed by atoms with Crippen molar-refractivity contribution in [2.75, 3.05) is 40.0 Å². The van der Waals surface area contributed by atoms with Crippen LogP contribution in [-0.4, -0.2) is 55.7 Å². The molecule has 1 aromatic rings. The van der Waals surface area contributed by atoms with Gasteiger partial charge in [-0.2, -0.15) is 13.2 Å². The van der Waals surface area contributed by atoms with E-state index in [1.807, 2.05) is 13.1 Å². The molecular formula is C20H23F3N2O3. The molecule has 0 atom stereocenters. The summed E-state index contributed by atoms with van der Waals surface area (Å²) in [5.41, 5.74) is -0.280. The number of carbonyl (C=O) groups is 1. The van der Waals surface area contributed by atoms with Crippen LogP contribution in [0.25, 0.3) is 0 Å². The summed E-state index contributed by atoms with van der Waals surface area (Å²) in [4.78, 5) is 16.0. The number of piperazine rings is 1. The van der Waals surface area contributed by atoms with Crippen LogP contribution in [-0.2, 0) is 17.4 Å². The van der Waals surface area contributed by atoms with E-state index in [0.717, 1.165) is 32.2 Å². The predicted octanol–water partition coefficient (Wildman–Crippen LogP) is 3.25. The molecule has 0 saturated carbocycles. The lowest BCUT2D eigenvalue weighted by atomic mass is 10.0. The molecule has 0 radical (unpaired) electrons. The van der Waals surface area contributed by atoms with Gasteiger partial charge in [-0.15, -0.1) is 0 Å². The average molecular weight is 396 g/mol. The van der Waals surface area contributed by atoms with E-state index in [-0.39, 0.29) is 24.2 Å². The second-order valence-electron chi connectivity index (χ2n) is 6.83. The Labute approximate surface area is 162 Å². The van der Waals surface area contributed by atoms with Gasteiger partial charge in [0.2, 0.25) is 12.7 Å². The van der Waals surface area contributed by atoms with Crippen LogP contribution in [0.3, 0.4) is 0 Å². The maximum Gasteiger partial charge on any atom is 0.420 e. The predicted molar refractivity (Wildman–Crippen MR) is 98.2 cm³/mol. The Morgan fingerprint density at radius 1 is 1.14 bits per heavy atom. The molecule has 0 aliphatic carbocycles. The Morgan fingerprint density at radius 3 is 2.61 bits per heavy atom. The molecule has 152 valence electrons. The second kappa shape index (κ2) is 8.68. The maximum atomic E-state index is 13.2. The lowest BCUT2D eigenvalue weighted by Gasteiger charge is -2.31. The quantitative estimate of drug-likeness (QED) is 0.566. The molecule has 0 unspecified atom stereocenters. The highest BCUT2D eigenvalue weighted by Crippen LogP contribution is 2.45. The van der Waals surface area contributed by atoms with Gasteiger partial charge in [0.05, 0.1) is 0 Å². The fraction of sp³-hybridized carbons (Fsp3) is 0.450. The number of hydrogen-bond acceptors (Lipinski definition) is 4. The van der Waals surface area contributed by atoms with Crippen molar-refractivity contribution in [2.45, 2.75) is 19.0 Å². The van der Waals surface area contributed by atoms with E-state index in [2.05, 4.69) is 4.90 Å². The number of allylic oxidation sites excluding steroid dienone is 3. The van der Waals surface area contributed by atoms with Crippen LogP contribution in [0.1, 0.15) is 17.5 Å². The molecule has 1 saturated heterocycles. The molecule has 0 bridgehead atoms. The molecular weight excluding hydrogens is 373 g/mol. The fourth-order valence-electron chi connectivity index (χ4n) is 3.12. The monoisotopic (exact) mass is 396 g/mol. The fourth-order valence-corrected chi connectivity index (χ4v) is 3.12. The van der Waals surface area contributed by atoms with E-state index >= 15 is 0 Å². The lowest BCUT2D eigenvalue weighted by molar-refractivity contribution is -0.138. The highest BCUT2D eigenvalue weighted by molar-refractivity contribution is 5.87. The zero-order chi connectivity index (χ0) is 20.1. The van der Waals surface area contributed by atoms with Crippen LogP contribution in [0.4, 0.5) is 13.2 Å². The molecule has 8 heteroatoms. The molecule has 0 spiro atoms. The van der Waals surface area contributed by atoms with Crippen molar-refractivity contribution >= 4 is 5.91 Å². The Bertz CT molecular complexity index is 767. The number of carbonyl (C=O) groups excluding carboxylic acids is 1. The molecule has 5 nitrogen and oxygen atoms in total. The lowest BCUT2D eigenvalue weighted by Crippen LogP contribution is -2.46. The first-order chi connectivity index (χ1) is 13.3. The van der Waals surface area contributed by atoms with E-state index in [1.165, 1.54) is 6.08 Å². The van der Waals surface area contributed by atoms with Gasteiger partial charge in [0.1, 0.15) is 5.56 Å². The number of rotatable bonds is 5. The number of amides is 1. The van der Waals surface area contributed by atoms with Crippen LogP contribution >= 0.6 is 0 Å². The Hall–Kier alpha value is -2.48. The zero-order valence-electron chi connectivity index (χ0n) is 15.7. The van der Waals surface area contributed by atoms with Crippen LogP contribution in [0.15, 0.2) is 36.4 Å². The molecule has 3 rings (SSSR count). The van der Waals surface area contributed by atoms with Crippen LogP contribution < -0.4 is 9.47 Å². The van der Waals surface area contributed by atoms with E-state index < -0.39 is 11.7 Å². The molecule has 1 amide bonds. The summed E-state index contributed by atoms with van der Waals surface area (Å²) in [6, 6.07) is 2.69. The minimum atomic E-state index is -4.49. The summed E-state index contributed by atoms with van der Waals surface area (Å²) >= 11 is 0. The summed E-state index contributed by atoms with van der Waals surface area (Å²) in [5, 5.41) is 0. The SMILES string of the molecule is CN1CCN(C(=O)/C=C/C=C/CCc2cc3c(c(C(F)(F)F)c2)OCO3)CC1. The van der Waals surface area contributed by atoms with E-state index in [4.69, 9.17) is 9.47 Å². The van der Waals surface area contributed by atoms with Crippen LogP contribution in [0.2, 0.25) is 0 Å². The zero-order valence-corrected chi connectivity index (χ0v) is 15.7. The van der Waals surface area contributed by atoms with Crippen molar-refractivity contribution in [3.63, 3.8) is 0 Å². The van der Waals surface area contributed by atoms with Crippen molar-refractivity contribution in [1.29, 1.82) is 0 Å². The van der Waals surface area contributed by atoms with Gasteiger partial charge in [0, 0.05) is 32.3 Å². The number of ether oxygens (including phenoxy) is 2. The summed E-state index contributed by atoms with van der Waals surface area (Å²) < 4.78 is 49.6. The molecule has 1 fully saturated rings. The number of likely N-dealkylation sites (N-methyl/N-ethyl adjacent to an activating group) is 1. The van der Waals surface area contributed by atoms with Gasteiger partial charge in [-0.05, 0) is 37.6 Å². The third kappa shape index (κ3) is 5.07. The van der Waals surface area contributed by atoms with Gasteiger partial charge in [0.25, 0.3) is 0 Å². The minimum Gasteiger partial charge on any atom is -0.454 e. The molecule has 2 heterocycles. The Morgan fingerprint density at radius 2 is 1.89 bits per heavy atom. The number of hydrogen-bond donors (Lipinski definition) is 0. The number of halogens is 3. The molecule has 0 N–H and O–H groups in total. The van der Waals surface area contributed by atoms with Gasteiger partial charge >= 0.3 is 6.18 Å². The second-order valence-corrected chi connectivity index (χ2v) is 6.83. The van der Waals surface area contributed by atoms with E-state index in [9.17, 15) is 18.0 Å². The van der Waals surface area contributed by atoms with Gasteiger partial charge in [-0.3, -0.25) is 4.79 Å². The first kappa shape index (κ1) is 20.3. The number of aryl methyl sites for hydroxylation is 1. The topological polar surface area (TPSA) is 42.0 Å². The van der Waals surface area contributed by atoms with E-state index in [1.54, 1.807) is 23.1 Å². The summed E-state index contributed by atoms with van der Waals surface area (Å²) in [7, 11) is 2.03. The van der Waals surface area contributed by atoms with Crippen molar-refractivity contribution < 1.29 is 27.4 Å². The number of nitrogens with zero attached hydrogens (tertiary/aromatic N) is 2. The van der Waals surface area contributed by atoms with Gasteiger partial charge in [-0.25, -0.2) is 0 Å². The third-order valence-corrected chi connectivity index (χ3v) is 4.74. The highest BCUT2D eigenvalue weighted by Gasteiger charge is 2.38. The first-order valence-electron chi connectivity index (χ1n) is 9.15. The van der Waals surface area contributed by atoms with Gasteiger partial charge in [0.15, 0.2) is 11.5 Å². The Balaban J connectivity index is 1.52. The summed E-state index contributed by atoms with van der Waals surface area (Å²) in [5.74, 6) is -0.132. The summed E-state index contributed by atoms with van der Waals surface area (Å²) in [6.45, 7) is 2.97. The van der Waals surface area contributed by atoms with Crippen molar-refractivity contribution in [2.24, 2.45) is 0 Å². The standard InChI is InChI=1S/C20H23F3N2O3/c1-24-8-10-25(11-9-24)18(26)7-5-3-2-4-6-15-12-16(20(21,22)23)19-17(13-15)27-14-28-19/h2-3,5,7,12-13H,4,6,8-11,14H2,1H3/b3-2+,7-5+. The smallest absolute Gasteiger partial charge is 0.420 e. The minimum absolute atomic E-state index is 0.0247. The van der Waals surface area contributed by atoms with Crippen molar-refractivity contribution in [3.05, 3.63) is 47.6 Å². The van der Waals surface area contributed by atoms with Crippen LogP contribution in [0, 0.1) is 0 Å². The number of fused-ring (bicyclic) bond motifs is 1. The number of benzene rings is 1. The van der Waals surface area contributed by atoms with E-state index in [0.29, 0.717) is 18.4 Å². The van der Waals surface area contributed by atoms with Crippen molar-refractivity contribution in [1.82, 2.24) is 9.80 Å². The van der Waals surface area contributed by atoms with Crippen molar-refractivity contribution in [3.8, 4) is 11.5 Å². The third-order valence-electron chi connectivity index (χ3n) is 4.74. The van der Waals surface area contributed by atoms with Gasteiger partial charge < -0.3 is 19.3 Å².